The quantitative estimate of drug-likeness (QED) is 0.468. The molecule has 1 rings (SSSR count). The molecule has 0 spiro atoms. The highest BCUT2D eigenvalue weighted by atomic mass is 19.2. The lowest BCUT2D eigenvalue weighted by atomic mass is 10.2. The van der Waals surface area contributed by atoms with Crippen LogP contribution in [0.2, 0.25) is 0 Å². The van der Waals surface area contributed by atoms with Crippen LogP contribution in [0.15, 0.2) is 17.1 Å². The molecule has 0 unspecified atom stereocenters. The monoisotopic (exact) mass is 169 g/mol. The lowest BCUT2D eigenvalue weighted by molar-refractivity contribution is 0.503. The predicted molar refractivity (Wildman–Crippen MR) is 38.9 cm³/mol. The average Bonchev–Trinajstić information content (AvgIpc) is 2.07. The summed E-state index contributed by atoms with van der Waals surface area (Å²) in [5.74, 6) is -1.93. The lowest BCUT2D eigenvalue weighted by Gasteiger charge is -1.99. The van der Waals surface area contributed by atoms with Gasteiger partial charge in [0.15, 0.2) is 11.6 Å². The van der Waals surface area contributed by atoms with Crippen LogP contribution in [0, 0.1) is 18.6 Å². The summed E-state index contributed by atoms with van der Waals surface area (Å²) in [4.78, 5) is 13.0. The topological polar surface area (TPSA) is 29.4 Å². The van der Waals surface area contributed by atoms with E-state index in [0.717, 1.165) is 6.07 Å². The molecule has 1 aromatic rings. The number of aliphatic imine (C=N–C) groups is 1. The highest BCUT2D eigenvalue weighted by Gasteiger charge is 2.07. The summed E-state index contributed by atoms with van der Waals surface area (Å²) in [6.07, 6.45) is 1.26. The molecule has 0 heterocycles. The smallest absolute Gasteiger partial charge is 0.211 e. The first-order valence-electron chi connectivity index (χ1n) is 3.19. The summed E-state index contributed by atoms with van der Waals surface area (Å²) in [5, 5.41) is 0. The summed E-state index contributed by atoms with van der Waals surface area (Å²) >= 11 is 0. The van der Waals surface area contributed by atoms with Gasteiger partial charge >= 0.3 is 0 Å². The zero-order valence-electron chi connectivity index (χ0n) is 6.27. The zero-order valence-corrected chi connectivity index (χ0v) is 6.27. The zero-order chi connectivity index (χ0) is 9.14. The number of carbonyl (C=O) groups excluding carboxylic acids is 1. The minimum absolute atomic E-state index is 0.0124. The van der Waals surface area contributed by atoms with Crippen LogP contribution in [0.3, 0.4) is 0 Å². The molecule has 0 N–H and O–H groups in total. The van der Waals surface area contributed by atoms with E-state index in [1.54, 1.807) is 0 Å². The second kappa shape index (κ2) is 3.24. The van der Waals surface area contributed by atoms with E-state index < -0.39 is 11.6 Å². The van der Waals surface area contributed by atoms with Crippen LogP contribution in [0.5, 0.6) is 0 Å². The number of rotatable bonds is 1. The number of nitrogens with zero attached hydrogens (tertiary/aromatic N) is 1. The fourth-order valence-electron chi connectivity index (χ4n) is 0.812. The van der Waals surface area contributed by atoms with Crippen molar-refractivity contribution in [1.82, 2.24) is 0 Å². The van der Waals surface area contributed by atoms with Crippen LogP contribution in [-0.4, -0.2) is 6.08 Å². The van der Waals surface area contributed by atoms with Gasteiger partial charge in [-0.1, -0.05) is 0 Å². The van der Waals surface area contributed by atoms with E-state index in [0.29, 0.717) is 0 Å². The Morgan fingerprint density at radius 3 is 2.67 bits per heavy atom. The third-order valence-electron chi connectivity index (χ3n) is 1.48. The van der Waals surface area contributed by atoms with E-state index in [1.807, 2.05) is 0 Å². The molecule has 0 fully saturated rings. The summed E-state index contributed by atoms with van der Waals surface area (Å²) in [7, 11) is 0. The van der Waals surface area contributed by atoms with Gasteiger partial charge < -0.3 is 0 Å². The Hall–Kier alpha value is -1.54. The van der Waals surface area contributed by atoms with Gasteiger partial charge in [-0.3, -0.25) is 0 Å². The van der Waals surface area contributed by atoms with Crippen molar-refractivity contribution in [3.63, 3.8) is 0 Å². The number of benzene rings is 1. The molecule has 0 aliphatic heterocycles. The molecular weight excluding hydrogens is 164 g/mol. The van der Waals surface area contributed by atoms with Gasteiger partial charge in [-0.25, -0.2) is 13.6 Å². The molecule has 0 aliphatic carbocycles. The van der Waals surface area contributed by atoms with E-state index in [4.69, 9.17) is 0 Å². The summed E-state index contributed by atoms with van der Waals surface area (Å²) < 4.78 is 25.2. The van der Waals surface area contributed by atoms with Crippen LogP contribution < -0.4 is 0 Å². The molecule has 0 bridgehead atoms. The molecule has 0 saturated carbocycles. The van der Waals surface area contributed by atoms with Crippen LogP contribution in [0.25, 0.3) is 0 Å². The third kappa shape index (κ3) is 1.38. The Balaban J connectivity index is 3.35. The van der Waals surface area contributed by atoms with E-state index in [9.17, 15) is 13.6 Å². The molecule has 0 radical (unpaired) electrons. The van der Waals surface area contributed by atoms with Crippen molar-refractivity contribution in [2.24, 2.45) is 4.99 Å². The molecule has 1 aromatic carbocycles. The molecule has 0 amide bonds. The van der Waals surface area contributed by atoms with Crippen molar-refractivity contribution >= 4 is 11.8 Å². The van der Waals surface area contributed by atoms with Crippen molar-refractivity contribution in [1.29, 1.82) is 0 Å². The molecule has 0 aliphatic rings. The van der Waals surface area contributed by atoms with Gasteiger partial charge in [0.1, 0.15) is 0 Å². The molecular formula is C8H5F2NO. The van der Waals surface area contributed by atoms with Crippen LogP contribution in [-0.2, 0) is 4.79 Å². The molecule has 0 atom stereocenters. The maximum Gasteiger partial charge on any atom is 0.240 e. The van der Waals surface area contributed by atoms with Crippen molar-refractivity contribution < 1.29 is 13.6 Å². The fraction of sp³-hybridized carbons (Fsp3) is 0.125. The first-order chi connectivity index (χ1) is 5.66. The highest BCUT2D eigenvalue weighted by Crippen LogP contribution is 2.22. The minimum atomic E-state index is -0.980. The highest BCUT2D eigenvalue weighted by molar-refractivity contribution is 5.53. The van der Waals surface area contributed by atoms with Crippen molar-refractivity contribution in [3.05, 3.63) is 29.3 Å². The number of hydrogen-bond acceptors (Lipinski definition) is 2. The normalized spacial score (nSPS) is 9.25. The van der Waals surface area contributed by atoms with Crippen molar-refractivity contribution in [2.45, 2.75) is 6.92 Å². The molecule has 4 heteroatoms. The Morgan fingerprint density at radius 1 is 1.42 bits per heavy atom. The first-order valence-corrected chi connectivity index (χ1v) is 3.19. The van der Waals surface area contributed by atoms with E-state index >= 15 is 0 Å². The fourth-order valence-corrected chi connectivity index (χ4v) is 0.812. The van der Waals surface area contributed by atoms with Gasteiger partial charge in [-0.2, -0.15) is 4.99 Å². The standard InChI is InChI=1S/C8H5F2NO/c1-5-7(11-4-12)3-2-6(9)8(5)10/h2-3H,1H3. The molecule has 0 saturated heterocycles. The molecule has 0 aromatic heterocycles. The van der Waals surface area contributed by atoms with Crippen LogP contribution >= 0.6 is 0 Å². The van der Waals surface area contributed by atoms with Gasteiger partial charge in [0.2, 0.25) is 6.08 Å². The SMILES string of the molecule is Cc1c(N=C=O)ccc(F)c1F. The largest absolute Gasteiger partial charge is 0.240 e. The maximum atomic E-state index is 12.7. The van der Waals surface area contributed by atoms with E-state index in [-0.39, 0.29) is 11.3 Å². The van der Waals surface area contributed by atoms with Crippen LogP contribution in [0.4, 0.5) is 14.5 Å². The van der Waals surface area contributed by atoms with E-state index in [1.165, 1.54) is 19.1 Å². The van der Waals surface area contributed by atoms with E-state index in [2.05, 4.69) is 4.99 Å². The maximum absolute atomic E-state index is 12.7. The van der Waals surface area contributed by atoms with Crippen molar-refractivity contribution in [3.8, 4) is 0 Å². The Labute approximate surface area is 67.5 Å². The first kappa shape index (κ1) is 8.56. The van der Waals surface area contributed by atoms with Gasteiger partial charge in [0, 0.05) is 5.56 Å². The number of halogens is 2. The molecule has 2 nitrogen and oxygen atoms in total. The van der Waals surface area contributed by atoms with Crippen molar-refractivity contribution in [2.75, 3.05) is 0 Å². The summed E-state index contributed by atoms with van der Waals surface area (Å²) in [5.41, 5.74) is 0.113. The average molecular weight is 169 g/mol. The summed E-state index contributed by atoms with van der Waals surface area (Å²) in [6.45, 7) is 1.34. The number of isocyanates is 1. The Bertz CT molecular complexity index is 356. The van der Waals surface area contributed by atoms with Crippen LogP contribution in [0.1, 0.15) is 5.56 Å². The third-order valence-corrected chi connectivity index (χ3v) is 1.48. The van der Waals surface area contributed by atoms with Gasteiger partial charge in [-0.15, -0.1) is 0 Å². The van der Waals surface area contributed by atoms with Gasteiger partial charge in [0.05, 0.1) is 5.69 Å². The summed E-state index contributed by atoms with van der Waals surface area (Å²) in [6, 6.07) is 2.14. The lowest BCUT2D eigenvalue weighted by Crippen LogP contribution is -1.87. The second-order valence-corrected chi connectivity index (χ2v) is 2.21. The predicted octanol–water partition coefficient (Wildman–Crippen LogP) is 2.24. The number of hydrogen-bond donors (Lipinski definition) is 0. The Morgan fingerprint density at radius 2 is 2.08 bits per heavy atom. The molecule has 62 valence electrons. The van der Waals surface area contributed by atoms with Gasteiger partial charge in [0.25, 0.3) is 0 Å². The van der Waals surface area contributed by atoms with Gasteiger partial charge in [-0.05, 0) is 19.1 Å². The Kier molecular flexibility index (Phi) is 2.31. The molecule has 12 heavy (non-hydrogen) atoms. The second-order valence-electron chi connectivity index (χ2n) is 2.21. The minimum Gasteiger partial charge on any atom is -0.211 e.